The summed E-state index contributed by atoms with van der Waals surface area (Å²) in [5.41, 5.74) is 1.49. The van der Waals surface area contributed by atoms with Crippen LogP contribution in [-0.2, 0) is 17.7 Å². The van der Waals surface area contributed by atoms with Crippen molar-refractivity contribution >= 4 is 52.3 Å². The highest BCUT2D eigenvalue weighted by molar-refractivity contribution is 7.14. The van der Waals surface area contributed by atoms with Gasteiger partial charge < -0.3 is 29.4 Å². The van der Waals surface area contributed by atoms with Gasteiger partial charge in [0.2, 0.25) is 0 Å². The number of carboxylic acid groups (broad SMARTS) is 1. The number of carbonyl (C=O) groups excluding carboxylic acids is 1. The summed E-state index contributed by atoms with van der Waals surface area (Å²) in [7, 11) is 4.98. The number of amides is 1. The molecule has 1 amide bonds. The van der Waals surface area contributed by atoms with Gasteiger partial charge in [0.25, 0.3) is 0 Å². The lowest BCUT2D eigenvalue weighted by molar-refractivity contribution is -0.605. The van der Waals surface area contributed by atoms with Gasteiger partial charge in [-0.1, -0.05) is 41.4 Å². The first-order valence-corrected chi connectivity index (χ1v) is 16.6. The molecule has 0 saturated carbocycles. The molecule has 14 heteroatoms. The fraction of sp³-hybridized carbons (Fsp3) is 0.324. The van der Waals surface area contributed by atoms with Crippen LogP contribution in [0.2, 0.25) is 10.0 Å². The third kappa shape index (κ3) is 7.95. The second kappa shape index (κ2) is 15.4. The Labute approximate surface area is 291 Å². The smallest absolute Gasteiger partial charge is 0.414 e. The highest BCUT2D eigenvalue weighted by Gasteiger charge is 2.31. The summed E-state index contributed by atoms with van der Waals surface area (Å²) < 4.78 is 32.4. The molecule has 1 aliphatic rings. The Morgan fingerprint density at radius 2 is 1.75 bits per heavy atom. The van der Waals surface area contributed by atoms with E-state index in [-0.39, 0.29) is 39.7 Å². The van der Waals surface area contributed by atoms with Crippen LogP contribution in [0.4, 0.5) is 14.9 Å². The average molecular weight is 719 g/mol. The van der Waals surface area contributed by atoms with Crippen LogP contribution in [0.15, 0.2) is 60.9 Å². The maximum absolute atomic E-state index is 15.2. The normalized spacial score (nSPS) is 14.4. The number of carboxylic acids is 1. The molecule has 0 spiro atoms. The monoisotopic (exact) mass is 717 g/mol. The number of para-hydroxylation sites is 1. The van der Waals surface area contributed by atoms with E-state index in [4.69, 9.17) is 37.4 Å². The number of piperidine rings is 1. The Hall–Kier alpha value is -4.10. The lowest BCUT2D eigenvalue weighted by Gasteiger charge is -2.31. The number of methoxy groups -OCH3 is 2. The molecule has 10 nitrogen and oxygen atoms in total. The van der Waals surface area contributed by atoms with E-state index in [0.717, 1.165) is 24.4 Å². The predicted molar refractivity (Wildman–Crippen MR) is 181 cm³/mol. The third-order valence-corrected chi connectivity index (χ3v) is 10.0. The molecule has 5 rings (SSSR count). The molecule has 48 heavy (non-hydrogen) atoms. The first kappa shape index (κ1) is 35.2. The van der Waals surface area contributed by atoms with Crippen LogP contribution in [0.25, 0.3) is 0 Å². The Morgan fingerprint density at radius 1 is 1.08 bits per heavy atom. The number of aromatic nitrogens is 1. The average Bonchev–Trinajstić information content (AvgIpc) is 3.48. The fourth-order valence-electron chi connectivity index (χ4n) is 5.75. The maximum Gasteiger partial charge on any atom is 0.414 e. The van der Waals surface area contributed by atoms with Crippen LogP contribution >= 0.6 is 34.5 Å². The maximum atomic E-state index is 15.2. The van der Waals surface area contributed by atoms with Gasteiger partial charge in [-0.3, -0.25) is 4.90 Å². The first-order valence-electron chi connectivity index (χ1n) is 15.0. The second-order valence-electron chi connectivity index (χ2n) is 11.4. The Balaban J connectivity index is 1.58. The molecule has 1 atom stereocenters. The van der Waals surface area contributed by atoms with Crippen molar-refractivity contribution in [1.82, 2.24) is 4.90 Å². The zero-order valence-corrected chi connectivity index (χ0v) is 28.8. The summed E-state index contributed by atoms with van der Waals surface area (Å²) in [4.78, 5) is 30.2. The van der Waals surface area contributed by atoms with E-state index in [1.807, 2.05) is 7.05 Å². The fourth-order valence-corrected chi connectivity index (χ4v) is 7.40. The van der Waals surface area contributed by atoms with Crippen molar-refractivity contribution in [3.8, 4) is 11.5 Å². The van der Waals surface area contributed by atoms with Gasteiger partial charge in [0, 0.05) is 29.4 Å². The number of halogens is 3. The van der Waals surface area contributed by atoms with E-state index in [1.165, 1.54) is 49.7 Å². The Bertz CT molecular complexity index is 1780. The van der Waals surface area contributed by atoms with Crippen LogP contribution < -0.4 is 19.1 Å². The van der Waals surface area contributed by atoms with Gasteiger partial charge in [0.15, 0.2) is 23.9 Å². The molecule has 1 saturated heterocycles. The molecule has 3 heterocycles. The summed E-state index contributed by atoms with van der Waals surface area (Å²) in [5, 5.41) is 22.6. The molecule has 1 fully saturated rings. The second-order valence-corrected chi connectivity index (χ2v) is 13.3. The van der Waals surface area contributed by atoms with E-state index in [2.05, 4.69) is 4.90 Å². The molecule has 0 aliphatic carbocycles. The minimum Gasteiger partial charge on any atom is -0.619 e. The Morgan fingerprint density at radius 3 is 2.38 bits per heavy atom. The quantitative estimate of drug-likeness (QED) is 0.128. The number of anilines is 1. The van der Waals surface area contributed by atoms with Crippen molar-refractivity contribution in [2.75, 3.05) is 39.3 Å². The molecule has 0 unspecified atom stereocenters. The molecule has 254 valence electrons. The van der Waals surface area contributed by atoms with Crippen LogP contribution in [0.3, 0.4) is 0 Å². The number of hydrogen-bond donors (Lipinski definition) is 1. The summed E-state index contributed by atoms with van der Waals surface area (Å²) in [6.45, 7) is 1.37. The van der Waals surface area contributed by atoms with Crippen molar-refractivity contribution in [2.24, 2.45) is 0 Å². The topological polar surface area (TPSA) is 115 Å². The van der Waals surface area contributed by atoms with Gasteiger partial charge in [-0.05, 0) is 67.8 Å². The van der Waals surface area contributed by atoms with E-state index in [0.29, 0.717) is 50.6 Å². The molecule has 2 aromatic heterocycles. The summed E-state index contributed by atoms with van der Waals surface area (Å²) in [6, 6.07) is 12.8. The summed E-state index contributed by atoms with van der Waals surface area (Å²) in [5.74, 6) is -1.60. The van der Waals surface area contributed by atoms with Crippen LogP contribution in [0.1, 0.15) is 50.0 Å². The minimum atomic E-state index is -1.19. The van der Waals surface area contributed by atoms with E-state index < -0.39 is 23.8 Å². The van der Waals surface area contributed by atoms with Crippen LogP contribution in [0.5, 0.6) is 11.5 Å². The van der Waals surface area contributed by atoms with Crippen molar-refractivity contribution in [2.45, 2.75) is 37.8 Å². The number of aromatic carboxylic acids is 1. The molecule has 1 aliphatic heterocycles. The van der Waals surface area contributed by atoms with Crippen molar-refractivity contribution in [1.29, 1.82) is 0 Å². The number of likely N-dealkylation sites (tertiary alicyclic amines) is 1. The lowest BCUT2D eigenvalue weighted by atomic mass is 9.85. The number of benzene rings is 2. The van der Waals surface area contributed by atoms with Gasteiger partial charge in [0.1, 0.15) is 26.8 Å². The summed E-state index contributed by atoms with van der Waals surface area (Å²) in [6.07, 6.45) is 2.68. The number of ether oxygens (including phenoxy) is 3. The Kier molecular flexibility index (Phi) is 11.3. The molecule has 0 radical (unpaired) electrons. The number of pyridine rings is 1. The summed E-state index contributed by atoms with van der Waals surface area (Å²) >= 11 is 13.9. The molecular formula is C34H34Cl2FN3O7S. The minimum absolute atomic E-state index is 0.00372. The number of rotatable bonds is 11. The standard InChI is InChI=1S/C34H34Cl2FN3O7S/c1-38-12-10-21(11-13-38)47-34(43)40(29-7-5-4-6-28(29)37)17-22-15-24(32(48-22)33(41)42)23(16-25-26(35)18-39(44)19-27(25)36)20-8-9-30(45-2)31(14-20)46-3/h4-9,14-15,18-19,21,23H,10-13,16-17H2,1-3H3,(H,41,42)/t23-/m0/s1. The van der Waals surface area contributed by atoms with Crippen molar-refractivity contribution in [3.05, 3.63) is 108 Å². The highest BCUT2D eigenvalue weighted by atomic mass is 35.5. The molecule has 0 bridgehead atoms. The molecule has 1 N–H and O–H groups in total. The van der Waals surface area contributed by atoms with E-state index in [1.54, 1.807) is 30.3 Å². The van der Waals surface area contributed by atoms with E-state index >= 15 is 4.39 Å². The van der Waals surface area contributed by atoms with Crippen LogP contribution in [-0.4, -0.2) is 62.5 Å². The van der Waals surface area contributed by atoms with Crippen LogP contribution in [0, 0.1) is 11.0 Å². The zero-order valence-electron chi connectivity index (χ0n) is 26.5. The zero-order chi connectivity index (χ0) is 34.5. The number of thiophene rings is 1. The van der Waals surface area contributed by atoms with Gasteiger partial charge in [-0.2, -0.15) is 4.73 Å². The lowest BCUT2D eigenvalue weighted by Crippen LogP contribution is -2.39. The third-order valence-electron chi connectivity index (χ3n) is 8.27. The molecule has 2 aromatic carbocycles. The number of hydrogen-bond acceptors (Lipinski definition) is 8. The van der Waals surface area contributed by atoms with Crippen molar-refractivity contribution in [3.63, 3.8) is 0 Å². The largest absolute Gasteiger partial charge is 0.619 e. The van der Waals surface area contributed by atoms with E-state index in [9.17, 15) is 19.9 Å². The predicted octanol–water partition coefficient (Wildman–Crippen LogP) is 7.15. The number of carbonyl (C=O) groups is 2. The molecular weight excluding hydrogens is 684 g/mol. The highest BCUT2D eigenvalue weighted by Crippen LogP contribution is 2.41. The van der Waals surface area contributed by atoms with Gasteiger partial charge >= 0.3 is 12.1 Å². The van der Waals surface area contributed by atoms with Gasteiger partial charge in [-0.15, -0.1) is 11.3 Å². The molecule has 4 aromatic rings. The SMILES string of the molecule is COc1ccc([C@H](Cc2c(Cl)c[n+]([O-])cc2Cl)c2cc(CN(C(=O)OC3CCN(C)CC3)c3ccccc3F)sc2C(=O)O)cc1OC. The first-order chi connectivity index (χ1) is 23.0. The number of nitrogens with zero attached hydrogens (tertiary/aromatic N) is 3. The van der Waals surface area contributed by atoms with Gasteiger partial charge in [0.05, 0.1) is 26.5 Å². The van der Waals surface area contributed by atoms with Crippen molar-refractivity contribution < 1.29 is 38.0 Å². The van der Waals surface area contributed by atoms with Gasteiger partial charge in [-0.25, -0.2) is 14.0 Å².